The maximum atomic E-state index is 12.0. The van der Waals surface area contributed by atoms with Crippen LogP contribution in [-0.4, -0.2) is 48.6 Å². The van der Waals surface area contributed by atoms with Gasteiger partial charge in [-0.25, -0.2) is 0 Å². The summed E-state index contributed by atoms with van der Waals surface area (Å²) < 4.78 is 16.3. The smallest absolute Gasteiger partial charge is 0.309 e. The van der Waals surface area contributed by atoms with Crippen LogP contribution in [0.15, 0.2) is 0 Å². The predicted molar refractivity (Wildman–Crippen MR) is 108 cm³/mol. The van der Waals surface area contributed by atoms with Crippen LogP contribution in [0.25, 0.3) is 0 Å². The monoisotopic (exact) mass is 410 g/mol. The Hall–Kier alpha value is -1.14. The lowest BCUT2D eigenvalue weighted by atomic mass is 9.87. The van der Waals surface area contributed by atoms with Crippen molar-refractivity contribution < 1.29 is 28.9 Å². The van der Waals surface area contributed by atoms with Gasteiger partial charge < -0.3 is 19.3 Å². The number of fused-ring (bicyclic) bond motifs is 1. The van der Waals surface area contributed by atoms with Gasteiger partial charge in [0.05, 0.1) is 43.4 Å². The van der Waals surface area contributed by atoms with Crippen molar-refractivity contribution in [1.29, 1.82) is 0 Å². The Morgan fingerprint density at radius 3 is 1.90 bits per heavy atom. The second-order valence-corrected chi connectivity index (χ2v) is 9.05. The summed E-state index contributed by atoms with van der Waals surface area (Å²) in [5.74, 6) is -0.215. The molecule has 0 spiro atoms. The van der Waals surface area contributed by atoms with Gasteiger partial charge in [-0.2, -0.15) is 0 Å². The molecule has 29 heavy (non-hydrogen) atoms. The first-order valence-corrected chi connectivity index (χ1v) is 11.8. The average molecular weight is 411 g/mol. The van der Waals surface area contributed by atoms with E-state index >= 15 is 0 Å². The molecule has 0 aromatic rings. The molecule has 1 aliphatic heterocycles. The van der Waals surface area contributed by atoms with Crippen molar-refractivity contribution in [3.8, 4) is 0 Å². The third-order valence-electron chi connectivity index (χ3n) is 6.59. The minimum absolute atomic E-state index is 0.0313. The summed E-state index contributed by atoms with van der Waals surface area (Å²) in [6.07, 6.45) is 13.8. The normalized spacial score (nSPS) is 31.0. The van der Waals surface area contributed by atoms with E-state index < -0.39 is 0 Å². The molecule has 5 atom stereocenters. The Morgan fingerprint density at radius 1 is 0.724 bits per heavy atom. The highest BCUT2D eigenvalue weighted by Crippen LogP contribution is 2.39. The van der Waals surface area contributed by atoms with Crippen LogP contribution in [0.2, 0.25) is 0 Å². The van der Waals surface area contributed by atoms with E-state index in [-0.39, 0.29) is 29.9 Å². The largest absolute Gasteiger partial charge is 0.465 e. The zero-order valence-corrected chi connectivity index (χ0v) is 17.7. The Labute approximate surface area is 174 Å². The minimum atomic E-state index is -0.336. The third-order valence-corrected chi connectivity index (χ3v) is 6.59. The second kappa shape index (κ2) is 11.9. The van der Waals surface area contributed by atoms with Gasteiger partial charge in [-0.1, -0.05) is 38.5 Å². The van der Waals surface area contributed by atoms with E-state index in [1.54, 1.807) is 0 Å². The Bertz CT molecular complexity index is 495. The van der Waals surface area contributed by atoms with E-state index in [2.05, 4.69) is 0 Å². The van der Waals surface area contributed by atoms with Gasteiger partial charge in [-0.05, 0) is 51.4 Å². The molecule has 1 N–H and O–H groups in total. The van der Waals surface area contributed by atoms with E-state index in [1.165, 1.54) is 6.42 Å². The molecule has 1 heterocycles. The summed E-state index contributed by atoms with van der Waals surface area (Å²) >= 11 is 0. The lowest BCUT2D eigenvalue weighted by Crippen LogP contribution is -2.27. The first-order valence-electron chi connectivity index (χ1n) is 11.8. The fourth-order valence-electron chi connectivity index (χ4n) is 4.67. The summed E-state index contributed by atoms with van der Waals surface area (Å²) in [7, 11) is 0. The zero-order chi connectivity index (χ0) is 20.5. The SMILES string of the molecule is O=C(OCCCCCCCCCOC(=O)C1CCC2OC2C1)C1CCCC(O)C1. The molecular weight excluding hydrogens is 372 g/mol. The number of hydrogen-bond donors (Lipinski definition) is 1. The standard InChI is InChI=1S/C23H38O6/c24-19-10-8-9-17(15-19)22(25)27-13-6-4-2-1-3-5-7-14-28-23(26)18-11-12-20-21(16-18)29-20/h17-21,24H,1-16H2. The molecule has 0 bridgehead atoms. The van der Waals surface area contributed by atoms with Crippen LogP contribution in [0, 0.1) is 11.8 Å². The molecular formula is C23H38O6. The molecule has 2 saturated carbocycles. The summed E-state index contributed by atoms with van der Waals surface area (Å²) in [5, 5.41) is 9.64. The van der Waals surface area contributed by atoms with Gasteiger partial charge in [0, 0.05) is 0 Å². The van der Waals surface area contributed by atoms with Crippen LogP contribution < -0.4 is 0 Å². The third kappa shape index (κ3) is 7.89. The summed E-state index contributed by atoms with van der Waals surface area (Å²) in [6, 6.07) is 0. The predicted octanol–water partition coefficient (Wildman–Crippen LogP) is 3.92. The number of ether oxygens (including phenoxy) is 3. The Morgan fingerprint density at radius 2 is 1.31 bits per heavy atom. The van der Waals surface area contributed by atoms with Gasteiger partial charge in [0.1, 0.15) is 0 Å². The van der Waals surface area contributed by atoms with Crippen molar-refractivity contribution >= 4 is 11.9 Å². The molecule has 3 fully saturated rings. The maximum absolute atomic E-state index is 12.0. The topological polar surface area (TPSA) is 85.4 Å². The molecule has 0 aromatic heterocycles. The van der Waals surface area contributed by atoms with Gasteiger partial charge >= 0.3 is 11.9 Å². The highest BCUT2D eigenvalue weighted by Gasteiger charge is 2.46. The molecule has 6 nitrogen and oxygen atoms in total. The van der Waals surface area contributed by atoms with E-state index in [9.17, 15) is 14.7 Å². The van der Waals surface area contributed by atoms with Crippen LogP contribution in [0.1, 0.15) is 89.9 Å². The van der Waals surface area contributed by atoms with Gasteiger partial charge in [0.15, 0.2) is 0 Å². The molecule has 6 heteroatoms. The van der Waals surface area contributed by atoms with E-state index in [0.29, 0.717) is 31.8 Å². The fourth-order valence-corrected chi connectivity index (χ4v) is 4.67. The Balaban J connectivity index is 1.07. The molecule has 3 aliphatic rings. The number of rotatable bonds is 12. The number of epoxide rings is 1. The summed E-state index contributed by atoms with van der Waals surface area (Å²) in [6.45, 7) is 1.03. The molecule has 2 aliphatic carbocycles. The van der Waals surface area contributed by atoms with Crippen LogP contribution in [0.4, 0.5) is 0 Å². The highest BCUT2D eigenvalue weighted by molar-refractivity contribution is 5.73. The van der Waals surface area contributed by atoms with Gasteiger partial charge in [-0.15, -0.1) is 0 Å². The van der Waals surface area contributed by atoms with Crippen molar-refractivity contribution in [3.05, 3.63) is 0 Å². The zero-order valence-electron chi connectivity index (χ0n) is 17.7. The molecule has 0 aromatic carbocycles. The van der Waals surface area contributed by atoms with Crippen LogP contribution >= 0.6 is 0 Å². The quantitative estimate of drug-likeness (QED) is 0.298. The maximum Gasteiger partial charge on any atom is 0.309 e. The van der Waals surface area contributed by atoms with Crippen molar-refractivity contribution in [2.45, 2.75) is 108 Å². The number of esters is 2. The number of aliphatic hydroxyl groups is 1. The molecule has 0 amide bonds. The number of unbranched alkanes of at least 4 members (excludes halogenated alkanes) is 6. The van der Waals surface area contributed by atoms with Crippen molar-refractivity contribution in [1.82, 2.24) is 0 Å². The van der Waals surface area contributed by atoms with Gasteiger partial charge in [0.2, 0.25) is 0 Å². The van der Waals surface area contributed by atoms with Crippen molar-refractivity contribution in [3.63, 3.8) is 0 Å². The molecule has 0 radical (unpaired) electrons. The lowest BCUT2D eigenvalue weighted by Gasteiger charge is -2.24. The first-order chi connectivity index (χ1) is 14.1. The number of carbonyl (C=O) groups excluding carboxylic acids is 2. The number of aliphatic hydroxyl groups excluding tert-OH is 1. The summed E-state index contributed by atoms with van der Waals surface area (Å²) in [4.78, 5) is 24.0. The van der Waals surface area contributed by atoms with Gasteiger partial charge in [-0.3, -0.25) is 9.59 Å². The Kier molecular flexibility index (Phi) is 9.25. The summed E-state index contributed by atoms with van der Waals surface area (Å²) in [5.41, 5.74) is 0. The van der Waals surface area contributed by atoms with Gasteiger partial charge in [0.25, 0.3) is 0 Å². The number of carbonyl (C=O) groups is 2. The lowest BCUT2D eigenvalue weighted by molar-refractivity contribution is -0.151. The van der Waals surface area contributed by atoms with Crippen LogP contribution in [0.3, 0.4) is 0 Å². The molecule has 1 saturated heterocycles. The highest BCUT2D eigenvalue weighted by atomic mass is 16.6. The van der Waals surface area contributed by atoms with Crippen LogP contribution in [0.5, 0.6) is 0 Å². The van der Waals surface area contributed by atoms with E-state index in [1.807, 2.05) is 0 Å². The fraction of sp³-hybridized carbons (Fsp3) is 0.913. The molecule has 5 unspecified atom stereocenters. The van der Waals surface area contributed by atoms with E-state index in [4.69, 9.17) is 14.2 Å². The van der Waals surface area contributed by atoms with E-state index in [0.717, 1.165) is 77.0 Å². The molecule has 166 valence electrons. The van der Waals surface area contributed by atoms with Crippen molar-refractivity contribution in [2.24, 2.45) is 11.8 Å². The first kappa shape index (κ1) is 22.5. The van der Waals surface area contributed by atoms with Crippen molar-refractivity contribution in [2.75, 3.05) is 13.2 Å². The molecule has 3 rings (SSSR count). The number of hydrogen-bond acceptors (Lipinski definition) is 6. The minimum Gasteiger partial charge on any atom is -0.465 e. The second-order valence-electron chi connectivity index (χ2n) is 9.05. The van der Waals surface area contributed by atoms with Crippen LogP contribution in [-0.2, 0) is 23.8 Å². The average Bonchev–Trinajstić information content (AvgIpc) is 3.50.